The molecule has 2 aliphatic rings. The summed E-state index contributed by atoms with van der Waals surface area (Å²) in [5.74, 6) is -0.857. The first-order chi connectivity index (χ1) is 13.8. The molecule has 1 saturated heterocycles. The summed E-state index contributed by atoms with van der Waals surface area (Å²) in [6.07, 6.45) is 2.14. The van der Waals surface area contributed by atoms with Gasteiger partial charge in [0, 0.05) is 37.4 Å². The zero-order valence-corrected chi connectivity index (χ0v) is 17.0. The zero-order valence-electron chi connectivity index (χ0n) is 16.2. The first kappa shape index (κ1) is 19.9. The van der Waals surface area contributed by atoms with Crippen LogP contribution in [-0.4, -0.2) is 44.6 Å². The number of carbonyl (C=O) groups excluding carboxylic acids is 1. The normalized spacial score (nSPS) is 23.1. The summed E-state index contributed by atoms with van der Waals surface area (Å²) < 4.78 is 49.4. The number of nitrogens with zero attached hydrogens (tertiary/aromatic N) is 1. The number of amides is 1. The summed E-state index contributed by atoms with van der Waals surface area (Å²) in [5.41, 5.74) is 0.902. The summed E-state index contributed by atoms with van der Waals surface area (Å²) >= 11 is 0. The first-order valence-corrected chi connectivity index (χ1v) is 10.9. The SMILES string of the molecule is Cc1cc(NC(=O)c2c3c(cn2C)S(=O)(=O)N[C@@H]2CNCC[C@H]2CO3)ccc1F. The summed E-state index contributed by atoms with van der Waals surface area (Å²) in [4.78, 5) is 12.9. The fourth-order valence-corrected chi connectivity index (χ4v) is 5.28. The number of aromatic nitrogens is 1. The second-order valence-electron chi connectivity index (χ2n) is 7.49. The number of anilines is 1. The van der Waals surface area contributed by atoms with E-state index in [9.17, 15) is 17.6 Å². The van der Waals surface area contributed by atoms with Crippen molar-refractivity contribution in [2.24, 2.45) is 13.0 Å². The van der Waals surface area contributed by atoms with Crippen LogP contribution < -0.4 is 20.1 Å². The lowest BCUT2D eigenvalue weighted by atomic mass is 9.94. The van der Waals surface area contributed by atoms with E-state index in [1.807, 2.05) is 0 Å². The second kappa shape index (κ2) is 7.43. The number of hydrogen-bond acceptors (Lipinski definition) is 5. The number of rotatable bonds is 2. The van der Waals surface area contributed by atoms with E-state index in [4.69, 9.17) is 4.74 Å². The van der Waals surface area contributed by atoms with Gasteiger partial charge in [-0.25, -0.2) is 17.5 Å². The van der Waals surface area contributed by atoms with Crippen LogP contribution in [0.2, 0.25) is 0 Å². The van der Waals surface area contributed by atoms with Gasteiger partial charge in [-0.1, -0.05) is 0 Å². The Kier molecular flexibility index (Phi) is 5.09. The Labute approximate surface area is 168 Å². The van der Waals surface area contributed by atoms with E-state index < -0.39 is 15.9 Å². The highest BCUT2D eigenvalue weighted by atomic mass is 32.2. The highest BCUT2D eigenvalue weighted by molar-refractivity contribution is 7.89. The number of aryl methyl sites for hydroxylation is 2. The van der Waals surface area contributed by atoms with E-state index in [2.05, 4.69) is 15.4 Å². The van der Waals surface area contributed by atoms with Crippen LogP contribution in [0.4, 0.5) is 10.1 Å². The molecule has 0 saturated carbocycles. The molecule has 0 bridgehead atoms. The lowest BCUT2D eigenvalue weighted by Crippen LogP contribution is -2.53. The molecule has 3 N–H and O–H groups in total. The predicted molar refractivity (Wildman–Crippen MR) is 105 cm³/mol. The maximum atomic E-state index is 13.5. The van der Waals surface area contributed by atoms with E-state index in [0.717, 1.165) is 13.0 Å². The predicted octanol–water partition coefficient (Wildman–Crippen LogP) is 1.37. The van der Waals surface area contributed by atoms with Gasteiger partial charge in [0.2, 0.25) is 10.0 Å². The van der Waals surface area contributed by atoms with Crippen LogP contribution in [0, 0.1) is 18.7 Å². The van der Waals surface area contributed by atoms with Gasteiger partial charge in [-0.15, -0.1) is 0 Å². The Morgan fingerprint density at radius 1 is 1.38 bits per heavy atom. The van der Waals surface area contributed by atoms with Crippen molar-refractivity contribution in [3.63, 3.8) is 0 Å². The van der Waals surface area contributed by atoms with Gasteiger partial charge in [-0.05, 0) is 43.7 Å². The Bertz CT molecular complexity index is 1070. The van der Waals surface area contributed by atoms with Crippen molar-refractivity contribution in [2.45, 2.75) is 24.3 Å². The van der Waals surface area contributed by atoms with Gasteiger partial charge in [0.25, 0.3) is 5.91 Å². The van der Waals surface area contributed by atoms with E-state index in [0.29, 0.717) is 24.4 Å². The van der Waals surface area contributed by atoms with Crippen molar-refractivity contribution in [1.29, 1.82) is 0 Å². The van der Waals surface area contributed by atoms with E-state index in [-0.39, 0.29) is 34.1 Å². The smallest absolute Gasteiger partial charge is 0.276 e. The molecular formula is C19H23FN4O4S. The number of nitrogens with one attached hydrogen (secondary N) is 3. The fourth-order valence-electron chi connectivity index (χ4n) is 3.79. The van der Waals surface area contributed by atoms with Crippen LogP contribution in [0.15, 0.2) is 29.3 Å². The van der Waals surface area contributed by atoms with Crippen molar-refractivity contribution in [3.8, 4) is 5.75 Å². The molecule has 156 valence electrons. The fraction of sp³-hybridized carbons (Fsp3) is 0.421. The van der Waals surface area contributed by atoms with Crippen LogP contribution in [0.5, 0.6) is 5.75 Å². The minimum absolute atomic E-state index is 0.00930. The third-order valence-electron chi connectivity index (χ3n) is 5.40. The van der Waals surface area contributed by atoms with E-state index in [1.165, 1.54) is 29.0 Å². The number of ether oxygens (including phenoxy) is 1. The number of benzene rings is 1. The first-order valence-electron chi connectivity index (χ1n) is 9.39. The zero-order chi connectivity index (χ0) is 20.8. The van der Waals surface area contributed by atoms with Crippen LogP contribution in [-0.2, 0) is 17.1 Å². The minimum atomic E-state index is -3.86. The Morgan fingerprint density at radius 3 is 2.93 bits per heavy atom. The quantitative estimate of drug-likeness (QED) is 0.679. The average Bonchev–Trinajstić information content (AvgIpc) is 3.00. The van der Waals surface area contributed by atoms with Gasteiger partial charge in [-0.3, -0.25) is 4.79 Å². The van der Waals surface area contributed by atoms with Crippen LogP contribution >= 0.6 is 0 Å². The molecule has 1 fully saturated rings. The number of halogens is 1. The number of piperidine rings is 1. The molecule has 3 heterocycles. The third kappa shape index (κ3) is 3.75. The Balaban J connectivity index is 1.69. The van der Waals surface area contributed by atoms with Gasteiger partial charge in [-0.2, -0.15) is 0 Å². The standard InChI is InChI=1S/C19H23FN4O4S/c1-11-7-13(3-4-14(11)20)22-19(25)17-18-16(9-24(17)2)29(26,27)23-15-8-21-6-5-12(15)10-28-18/h3-4,7,9,12,15,21,23H,5-6,8,10H2,1-2H3,(H,22,25)/t12-,15+/m0/s1. The number of carbonyl (C=O) groups is 1. The van der Waals surface area contributed by atoms with Gasteiger partial charge >= 0.3 is 0 Å². The minimum Gasteiger partial charge on any atom is -0.489 e. The molecule has 1 amide bonds. The number of hydrogen-bond donors (Lipinski definition) is 3. The molecule has 2 atom stereocenters. The van der Waals surface area contributed by atoms with Crippen molar-refractivity contribution in [3.05, 3.63) is 41.5 Å². The molecule has 1 aromatic carbocycles. The van der Waals surface area contributed by atoms with Crippen LogP contribution in [0.3, 0.4) is 0 Å². The molecule has 0 radical (unpaired) electrons. The molecule has 0 aliphatic carbocycles. The summed E-state index contributed by atoms with van der Waals surface area (Å²) in [5, 5.41) is 5.88. The monoisotopic (exact) mass is 422 g/mol. The van der Waals surface area contributed by atoms with Gasteiger partial charge in [0.05, 0.1) is 6.61 Å². The lowest BCUT2D eigenvalue weighted by Gasteiger charge is -2.34. The molecule has 2 aliphatic heterocycles. The van der Waals surface area contributed by atoms with Crippen molar-refractivity contribution < 1.29 is 22.3 Å². The van der Waals surface area contributed by atoms with E-state index in [1.54, 1.807) is 14.0 Å². The lowest BCUT2D eigenvalue weighted by molar-refractivity contribution is 0.101. The second-order valence-corrected chi connectivity index (χ2v) is 9.17. The highest BCUT2D eigenvalue weighted by Crippen LogP contribution is 2.34. The van der Waals surface area contributed by atoms with E-state index >= 15 is 0 Å². The molecule has 10 heteroatoms. The molecular weight excluding hydrogens is 399 g/mol. The molecule has 8 nitrogen and oxygen atoms in total. The third-order valence-corrected chi connectivity index (χ3v) is 6.88. The summed E-state index contributed by atoms with van der Waals surface area (Å²) in [6.45, 7) is 3.22. The molecule has 29 heavy (non-hydrogen) atoms. The Morgan fingerprint density at radius 2 is 2.17 bits per heavy atom. The largest absolute Gasteiger partial charge is 0.489 e. The molecule has 0 unspecified atom stereocenters. The topological polar surface area (TPSA) is 101 Å². The van der Waals surface area contributed by atoms with Gasteiger partial charge in [0.1, 0.15) is 10.7 Å². The highest BCUT2D eigenvalue weighted by Gasteiger charge is 2.37. The maximum Gasteiger partial charge on any atom is 0.276 e. The van der Waals surface area contributed by atoms with Crippen LogP contribution in [0.1, 0.15) is 22.5 Å². The van der Waals surface area contributed by atoms with Crippen LogP contribution in [0.25, 0.3) is 0 Å². The van der Waals surface area contributed by atoms with Crippen molar-refractivity contribution in [2.75, 3.05) is 25.0 Å². The summed E-state index contributed by atoms with van der Waals surface area (Å²) in [6, 6.07) is 3.97. The molecule has 1 aromatic heterocycles. The van der Waals surface area contributed by atoms with Gasteiger partial charge < -0.3 is 19.9 Å². The Hall–Kier alpha value is -2.43. The summed E-state index contributed by atoms with van der Waals surface area (Å²) in [7, 11) is -2.27. The van der Waals surface area contributed by atoms with Gasteiger partial charge in [0.15, 0.2) is 11.4 Å². The molecule has 4 rings (SSSR count). The number of sulfonamides is 1. The average molecular weight is 422 g/mol. The number of fused-ring (bicyclic) bond motifs is 2. The van der Waals surface area contributed by atoms with Crippen molar-refractivity contribution >= 4 is 21.6 Å². The molecule has 2 aromatic rings. The maximum absolute atomic E-state index is 13.5. The van der Waals surface area contributed by atoms with Crippen molar-refractivity contribution in [1.82, 2.24) is 14.6 Å². The molecule has 0 spiro atoms.